The van der Waals surface area contributed by atoms with E-state index in [1.165, 1.54) is 0 Å². The molecule has 0 spiro atoms. The fourth-order valence-corrected chi connectivity index (χ4v) is 1.63. The molecule has 0 bridgehead atoms. The van der Waals surface area contributed by atoms with Gasteiger partial charge in [-0.1, -0.05) is 36.4 Å². The third kappa shape index (κ3) is 20.0. The number of nitrogens with one attached hydrogen (secondary N) is 2. The van der Waals surface area contributed by atoms with Gasteiger partial charge in [0.25, 0.3) is 6.47 Å². The monoisotopic (exact) mass is 473 g/mol. The van der Waals surface area contributed by atoms with Crippen molar-refractivity contribution >= 4 is 82.1 Å². The molecule has 10 heteroatoms. The molecule has 0 atom stereocenters. The number of carbonyl (C=O) groups excluding carboxylic acids is 1. The van der Waals surface area contributed by atoms with Crippen LogP contribution in [0.2, 0.25) is 0 Å². The SMILES string of the molecule is CCOC(=N)c1ccccc1.CCOC(=N)c1ccccc1.Cl.O=CO[O-].[K+].[K]. The Labute approximate surface area is 263 Å². The Morgan fingerprint density at radius 2 is 1.14 bits per heavy atom. The minimum absolute atomic E-state index is 0. The largest absolute Gasteiger partial charge is 1.00 e. The third-order valence-corrected chi connectivity index (χ3v) is 2.69. The number of hydrogen-bond acceptors (Lipinski definition) is 7. The summed E-state index contributed by atoms with van der Waals surface area (Å²) in [5.41, 5.74) is 1.66. The quantitative estimate of drug-likeness (QED) is 0.153. The summed E-state index contributed by atoms with van der Waals surface area (Å²) in [5.74, 6) is 0.487. The normalized spacial score (nSPS) is 7.69. The molecule has 2 rings (SSSR count). The smallest absolute Gasteiger partial charge is 0.662 e. The van der Waals surface area contributed by atoms with Crippen LogP contribution in [0.25, 0.3) is 0 Å². The van der Waals surface area contributed by atoms with Crippen LogP contribution >= 0.6 is 12.4 Å². The minimum atomic E-state index is -0.181. The third-order valence-electron chi connectivity index (χ3n) is 2.69. The van der Waals surface area contributed by atoms with E-state index in [2.05, 4.69) is 4.89 Å². The van der Waals surface area contributed by atoms with Gasteiger partial charge in [0.1, 0.15) is 0 Å². The fourth-order valence-electron chi connectivity index (χ4n) is 1.63. The second-order valence-corrected chi connectivity index (χ2v) is 4.45. The first-order valence-electron chi connectivity index (χ1n) is 7.86. The molecule has 0 fully saturated rings. The molecule has 0 aliphatic heterocycles. The van der Waals surface area contributed by atoms with E-state index in [9.17, 15) is 0 Å². The summed E-state index contributed by atoms with van der Waals surface area (Å²) in [6, 6.07) is 18.8. The van der Waals surface area contributed by atoms with E-state index >= 15 is 0 Å². The van der Waals surface area contributed by atoms with E-state index < -0.39 is 0 Å². The van der Waals surface area contributed by atoms with Gasteiger partial charge in [0.2, 0.25) is 11.8 Å². The van der Waals surface area contributed by atoms with Gasteiger partial charge in [0, 0.05) is 62.5 Å². The summed E-state index contributed by atoms with van der Waals surface area (Å²) in [4.78, 5) is 11.2. The Hall–Kier alpha value is 0.373. The average molecular weight is 474 g/mol. The zero-order chi connectivity index (χ0) is 19.6. The van der Waals surface area contributed by atoms with Crippen LogP contribution in [0.3, 0.4) is 0 Å². The van der Waals surface area contributed by atoms with E-state index in [1.54, 1.807) is 0 Å². The zero-order valence-corrected chi connectivity index (χ0v) is 24.3. The van der Waals surface area contributed by atoms with Gasteiger partial charge in [-0.2, -0.15) is 0 Å². The Morgan fingerprint density at radius 3 is 1.34 bits per heavy atom. The number of rotatable bonds is 5. The van der Waals surface area contributed by atoms with Crippen LogP contribution in [0.1, 0.15) is 25.0 Å². The van der Waals surface area contributed by atoms with Crippen LogP contribution in [0, 0.1) is 10.8 Å². The summed E-state index contributed by atoms with van der Waals surface area (Å²) in [6.45, 7) is 4.66. The van der Waals surface area contributed by atoms with Gasteiger partial charge in [0.15, 0.2) is 0 Å². The van der Waals surface area contributed by atoms with Gasteiger partial charge in [-0.25, -0.2) is 0 Å². The molecule has 149 valence electrons. The van der Waals surface area contributed by atoms with E-state index in [4.69, 9.17) is 30.3 Å². The maximum atomic E-state index is 8.64. The molecule has 0 unspecified atom stereocenters. The maximum Gasteiger partial charge on any atom is 1.00 e. The van der Waals surface area contributed by atoms with Crippen LogP contribution in [0.4, 0.5) is 0 Å². The number of hydrogen-bond donors (Lipinski definition) is 2. The average Bonchev–Trinajstić information content (AvgIpc) is 2.70. The Kier molecular flexibility index (Phi) is 33.4. The first-order chi connectivity index (χ1) is 12.6. The van der Waals surface area contributed by atoms with Crippen molar-refractivity contribution in [3.63, 3.8) is 0 Å². The fraction of sp³-hybridized carbons (Fsp3) is 0.211. The molecule has 0 heterocycles. The number of carbonyl (C=O) groups is 1. The van der Waals surface area contributed by atoms with Crippen molar-refractivity contribution in [1.82, 2.24) is 0 Å². The molecular weight excluding hydrogens is 450 g/mol. The van der Waals surface area contributed by atoms with Crippen molar-refractivity contribution in [3.05, 3.63) is 71.8 Å². The van der Waals surface area contributed by atoms with Crippen molar-refractivity contribution < 1.29 is 75.8 Å². The van der Waals surface area contributed by atoms with Crippen LogP contribution in [0.5, 0.6) is 0 Å². The zero-order valence-electron chi connectivity index (χ0n) is 17.2. The van der Waals surface area contributed by atoms with Crippen molar-refractivity contribution in [1.29, 1.82) is 10.8 Å². The molecule has 0 amide bonds. The molecule has 2 aromatic carbocycles. The molecule has 0 aromatic heterocycles. The standard InChI is InChI=1S/2C9H11NO.CH2O3.ClH.2K/c2*1-2-11-9(10)8-6-4-3-5-7-8;2-1-4-3;;;/h2*3-7,10H,2H2,1H3;1,3H;1H;;/q;;;;;+1/p-1. The van der Waals surface area contributed by atoms with E-state index in [1.807, 2.05) is 74.5 Å². The Bertz CT molecular complexity index is 596. The van der Waals surface area contributed by atoms with Gasteiger partial charge < -0.3 is 19.6 Å². The second-order valence-electron chi connectivity index (χ2n) is 4.45. The maximum absolute atomic E-state index is 8.64. The topological polar surface area (TPSA) is 116 Å². The number of halogens is 1. The molecule has 7 nitrogen and oxygen atoms in total. The second kappa shape index (κ2) is 26.4. The van der Waals surface area contributed by atoms with Crippen LogP contribution in [0.15, 0.2) is 60.7 Å². The molecule has 0 saturated carbocycles. The molecule has 0 saturated heterocycles. The van der Waals surface area contributed by atoms with Crippen molar-refractivity contribution in [3.8, 4) is 0 Å². The predicted molar refractivity (Wildman–Crippen MR) is 110 cm³/mol. The summed E-state index contributed by atoms with van der Waals surface area (Å²) in [6.07, 6.45) is 0. The first kappa shape index (κ1) is 36.7. The summed E-state index contributed by atoms with van der Waals surface area (Å²) >= 11 is 0. The van der Waals surface area contributed by atoms with Crippen molar-refractivity contribution in [2.45, 2.75) is 13.8 Å². The van der Waals surface area contributed by atoms with Crippen LogP contribution in [-0.4, -0.2) is 82.9 Å². The van der Waals surface area contributed by atoms with Gasteiger partial charge in [-0.3, -0.25) is 15.6 Å². The first-order valence-corrected chi connectivity index (χ1v) is 7.86. The molecular formula is C19H24ClK2N2O5. The molecule has 1 radical (unpaired) electrons. The Balaban J connectivity index is -0.000000168. The van der Waals surface area contributed by atoms with E-state index in [-0.39, 0.29) is 133 Å². The van der Waals surface area contributed by atoms with Crippen molar-refractivity contribution in [2.24, 2.45) is 0 Å². The van der Waals surface area contributed by atoms with Gasteiger partial charge >= 0.3 is 51.4 Å². The van der Waals surface area contributed by atoms with Gasteiger partial charge in [0.05, 0.1) is 13.2 Å². The summed E-state index contributed by atoms with van der Waals surface area (Å²) in [7, 11) is 0. The molecule has 2 aromatic rings. The summed E-state index contributed by atoms with van der Waals surface area (Å²) < 4.78 is 10.0. The van der Waals surface area contributed by atoms with Gasteiger partial charge in [-0.15, -0.1) is 12.4 Å². The van der Waals surface area contributed by atoms with Crippen LogP contribution < -0.4 is 56.6 Å². The summed E-state index contributed by atoms with van der Waals surface area (Å²) in [5, 5.41) is 23.2. The predicted octanol–water partition coefficient (Wildman–Crippen LogP) is -0.423. The van der Waals surface area contributed by atoms with E-state index in [0.29, 0.717) is 13.2 Å². The minimum Gasteiger partial charge on any atom is -0.662 e. The number of ether oxygens (including phenoxy) is 2. The molecule has 29 heavy (non-hydrogen) atoms. The van der Waals surface area contributed by atoms with Crippen LogP contribution in [-0.2, 0) is 19.2 Å². The van der Waals surface area contributed by atoms with Crippen molar-refractivity contribution in [2.75, 3.05) is 13.2 Å². The molecule has 2 N–H and O–H groups in total. The number of benzene rings is 2. The molecule has 0 aliphatic carbocycles. The Morgan fingerprint density at radius 1 is 0.862 bits per heavy atom. The molecule has 0 aliphatic rings. The van der Waals surface area contributed by atoms with Gasteiger partial charge in [-0.05, 0) is 38.1 Å². The van der Waals surface area contributed by atoms with E-state index in [0.717, 1.165) is 11.1 Å².